The van der Waals surface area contributed by atoms with Crippen molar-refractivity contribution in [3.63, 3.8) is 0 Å². The predicted molar refractivity (Wildman–Crippen MR) is 59.1 cm³/mol. The molecule has 1 aromatic heterocycles. The molecule has 0 atom stereocenters. The fourth-order valence-electron chi connectivity index (χ4n) is 1.27. The van der Waals surface area contributed by atoms with Crippen LogP contribution in [-0.2, 0) is 4.74 Å². The maximum absolute atomic E-state index is 11.5. The van der Waals surface area contributed by atoms with Crippen molar-refractivity contribution in [2.24, 2.45) is 4.99 Å². The summed E-state index contributed by atoms with van der Waals surface area (Å²) in [5.41, 5.74) is 4.86. The van der Waals surface area contributed by atoms with Gasteiger partial charge in [-0.2, -0.15) is 0 Å². The van der Waals surface area contributed by atoms with E-state index in [9.17, 15) is 14.9 Å². The lowest BCUT2D eigenvalue weighted by atomic mass is 10.4. The summed E-state index contributed by atoms with van der Waals surface area (Å²) in [6, 6.07) is 2.32. The van der Waals surface area contributed by atoms with E-state index >= 15 is 0 Å². The highest BCUT2D eigenvalue weighted by molar-refractivity contribution is 5.94. The van der Waals surface area contributed by atoms with Crippen LogP contribution >= 0.6 is 0 Å². The smallest absolute Gasteiger partial charge is 0.395 e. The van der Waals surface area contributed by atoms with Gasteiger partial charge in [-0.25, -0.2) is 0 Å². The Morgan fingerprint density at radius 3 is 2.94 bits per heavy atom. The number of carbonyl (C=O) groups is 1. The molecule has 2 N–H and O–H groups in total. The first-order valence-electron chi connectivity index (χ1n) is 5.08. The molecule has 2 heterocycles. The van der Waals surface area contributed by atoms with Crippen LogP contribution in [0.15, 0.2) is 21.5 Å². The van der Waals surface area contributed by atoms with Crippen molar-refractivity contribution in [1.29, 1.82) is 0 Å². The van der Waals surface area contributed by atoms with E-state index in [0.717, 1.165) is 6.07 Å². The van der Waals surface area contributed by atoms with Crippen LogP contribution in [0.2, 0.25) is 0 Å². The van der Waals surface area contributed by atoms with Crippen molar-refractivity contribution in [3.05, 3.63) is 28.0 Å². The predicted octanol–water partition coefficient (Wildman–Crippen LogP) is -0.149. The number of amides is 1. The molecule has 0 spiro atoms. The minimum atomic E-state index is -0.719. The molecule has 1 aromatic rings. The largest absolute Gasteiger partial charge is 0.433 e. The number of furan rings is 1. The van der Waals surface area contributed by atoms with E-state index in [2.05, 4.69) is 15.8 Å². The quantitative estimate of drug-likeness (QED) is 0.559. The highest BCUT2D eigenvalue weighted by atomic mass is 16.6. The summed E-state index contributed by atoms with van der Waals surface area (Å²) in [5, 5.41) is 10.4. The highest BCUT2D eigenvalue weighted by Crippen LogP contribution is 2.14. The Kier molecular flexibility index (Phi) is 3.53. The molecule has 0 fully saturated rings. The van der Waals surface area contributed by atoms with Crippen molar-refractivity contribution in [2.45, 2.75) is 0 Å². The minimum absolute atomic E-state index is 0.161. The molecule has 0 bridgehead atoms. The summed E-state index contributed by atoms with van der Waals surface area (Å²) in [4.78, 5) is 25.2. The first-order chi connectivity index (χ1) is 8.66. The molecule has 0 aliphatic carbocycles. The second kappa shape index (κ2) is 5.27. The molecule has 1 aliphatic rings. The van der Waals surface area contributed by atoms with E-state index in [-0.39, 0.29) is 12.4 Å². The Labute approximate surface area is 101 Å². The van der Waals surface area contributed by atoms with Gasteiger partial charge in [-0.1, -0.05) is 0 Å². The Balaban J connectivity index is 1.90. The van der Waals surface area contributed by atoms with Gasteiger partial charge < -0.3 is 9.15 Å². The van der Waals surface area contributed by atoms with Crippen LogP contribution in [0.25, 0.3) is 0 Å². The van der Waals surface area contributed by atoms with E-state index in [1.807, 2.05) is 0 Å². The van der Waals surface area contributed by atoms with Crippen LogP contribution in [0.3, 0.4) is 0 Å². The number of nitrogens with one attached hydrogen (secondary N) is 2. The molecule has 9 nitrogen and oxygen atoms in total. The Hall–Kier alpha value is -2.42. The van der Waals surface area contributed by atoms with Crippen LogP contribution < -0.4 is 10.9 Å². The number of rotatable bonds is 2. The van der Waals surface area contributed by atoms with Gasteiger partial charge in [0, 0.05) is 0 Å². The number of aliphatic imine (C=N–C) groups is 1. The number of hydrazine groups is 1. The number of carbonyl (C=O) groups excluding carboxylic acids is 1. The average molecular weight is 254 g/mol. The van der Waals surface area contributed by atoms with Crippen LogP contribution in [0.5, 0.6) is 0 Å². The summed E-state index contributed by atoms with van der Waals surface area (Å²) in [6.45, 7) is 1.34. The fourth-order valence-corrected chi connectivity index (χ4v) is 1.27. The van der Waals surface area contributed by atoms with Gasteiger partial charge in [0.15, 0.2) is 0 Å². The van der Waals surface area contributed by atoms with Crippen LogP contribution in [0.1, 0.15) is 10.6 Å². The lowest BCUT2D eigenvalue weighted by molar-refractivity contribution is -0.402. The molecular weight excluding hydrogens is 244 g/mol. The molecule has 1 amide bonds. The molecule has 0 saturated carbocycles. The highest BCUT2D eigenvalue weighted by Gasteiger charge is 2.17. The topological polar surface area (TPSA) is 119 Å². The first-order valence-corrected chi connectivity index (χ1v) is 5.08. The number of hydrogen-bond acceptors (Lipinski definition) is 7. The van der Waals surface area contributed by atoms with Gasteiger partial charge in [0.25, 0.3) is 0 Å². The fraction of sp³-hybridized carbons (Fsp3) is 0.333. The third-order valence-electron chi connectivity index (χ3n) is 2.09. The average Bonchev–Trinajstić information content (AvgIpc) is 2.87. The van der Waals surface area contributed by atoms with Crippen molar-refractivity contribution in [3.8, 4) is 0 Å². The SMILES string of the molecule is O=C(NNC1=NCCOC1)c1ccc([N+](=O)[O-])o1. The lowest BCUT2D eigenvalue weighted by Gasteiger charge is -2.14. The number of ether oxygens (including phenoxy) is 1. The first kappa shape index (κ1) is 12.0. The van der Waals surface area contributed by atoms with Crippen molar-refractivity contribution in [1.82, 2.24) is 10.9 Å². The van der Waals surface area contributed by atoms with Gasteiger partial charge in [-0.15, -0.1) is 0 Å². The molecule has 2 rings (SSSR count). The van der Waals surface area contributed by atoms with Crippen LogP contribution in [0, 0.1) is 10.1 Å². The molecule has 0 aromatic carbocycles. The van der Waals surface area contributed by atoms with Gasteiger partial charge in [0.2, 0.25) is 5.76 Å². The Morgan fingerprint density at radius 1 is 1.50 bits per heavy atom. The third-order valence-corrected chi connectivity index (χ3v) is 2.09. The summed E-state index contributed by atoms with van der Waals surface area (Å²) < 4.78 is 9.82. The Bertz CT molecular complexity index is 495. The second-order valence-electron chi connectivity index (χ2n) is 3.36. The molecule has 96 valence electrons. The van der Waals surface area contributed by atoms with E-state index in [1.54, 1.807) is 0 Å². The van der Waals surface area contributed by atoms with Gasteiger partial charge in [0.1, 0.15) is 17.4 Å². The summed E-state index contributed by atoms with van der Waals surface area (Å²) in [6.07, 6.45) is 0. The standard InChI is InChI=1S/C9H10N4O5/c14-9(6-1-2-8(18-6)13(15)16)12-11-7-5-17-4-3-10-7/h1-2H,3-5H2,(H,10,11)(H,12,14). The van der Waals surface area contributed by atoms with E-state index < -0.39 is 16.7 Å². The molecule has 0 unspecified atom stereocenters. The van der Waals surface area contributed by atoms with Gasteiger partial charge >= 0.3 is 11.8 Å². The number of nitro groups is 1. The maximum atomic E-state index is 11.5. The summed E-state index contributed by atoms with van der Waals surface area (Å²) in [7, 11) is 0. The second-order valence-corrected chi connectivity index (χ2v) is 3.36. The van der Waals surface area contributed by atoms with Gasteiger partial charge in [-0.05, 0) is 6.07 Å². The van der Waals surface area contributed by atoms with E-state index in [4.69, 9.17) is 9.15 Å². The maximum Gasteiger partial charge on any atom is 0.433 e. The molecule has 1 aliphatic heterocycles. The molecule has 0 saturated heterocycles. The monoisotopic (exact) mass is 254 g/mol. The third kappa shape index (κ3) is 2.83. The summed E-state index contributed by atoms with van der Waals surface area (Å²) in [5.74, 6) is -0.794. The zero-order valence-corrected chi connectivity index (χ0v) is 9.21. The number of hydrogen-bond donors (Lipinski definition) is 2. The normalized spacial score (nSPS) is 14.8. The number of amidine groups is 1. The lowest BCUT2D eigenvalue weighted by Crippen LogP contribution is -2.44. The zero-order chi connectivity index (χ0) is 13.0. The summed E-state index contributed by atoms with van der Waals surface area (Å²) >= 11 is 0. The van der Waals surface area contributed by atoms with Crippen molar-refractivity contribution < 1.29 is 18.9 Å². The van der Waals surface area contributed by atoms with Gasteiger partial charge in [0.05, 0.1) is 19.2 Å². The van der Waals surface area contributed by atoms with E-state index in [0.29, 0.717) is 19.0 Å². The van der Waals surface area contributed by atoms with Crippen molar-refractivity contribution in [2.75, 3.05) is 19.8 Å². The van der Waals surface area contributed by atoms with Gasteiger partial charge in [-0.3, -0.25) is 30.8 Å². The van der Waals surface area contributed by atoms with E-state index in [1.165, 1.54) is 6.07 Å². The molecule has 0 radical (unpaired) electrons. The molecule has 9 heteroatoms. The van der Waals surface area contributed by atoms with Crippen LogP contribution in [0.4, 0.5) is 5.88 Å². The number of nitrogens with zero attached hydrogens (tertiary/aromatic N) is 2. The Morgan fingerprint density at radius 2 is 2.33 bits per heavy atom. The van der Waals surface area contributed by atoms with Crippen molar-refractivity contribution >= 4 is 17.6 Å². The van der Waals surface area contributed by atoms with Crippen LogP contribution in [-0.4, -0.2) is 36.4 Å². The zero-order valence-electron chi connectivity index (χ0n) is 9.21. The minimum Gasteiger partial charge on any atom is -0.395 e. The molecule has 18 heavy (non-hydrogen) atoms. The molecular formula is C9H10N4O5.